The third kappa shape index (κ3) is 31.9. The highest BCUT2D eigenvalue weighted by molar-refractivity contribution is 6.07. The van der Waals surface area contributed by atoms with Crippen molar-refractivity contribution in [2.45, 2.75) is 233 Å². The van der Waals surface area contributed by atoms with Gasteiger partial charge in [0.1, 0.15) is 0 Å². The van der Waals surface area contributed by atoms with Crippen LogP contribution in [-0.4, -0.2) is 74.0 Å². The summed E-state index contributed by atoms with van der Waals surface area (Å²) in [5, 5.41) is 6.37. The average Bonchev–Trinajstić information content (AvgIpc) is 3.23. The highest BCUT2D eigenvalue weighted by atomic mass is 16.2. The molecule has 0 atom stereocenters. The van der Waals surface area contributed by atoms with Crippen LogP contribution in [0.2, 0.25) is 0 Å². The molecule has 0 aliphatic carbocycles. The smallest absolute Gasteiger partial charge is 0.252 e. The summed E-state index contributed by atoms with van der Waals surface area (Å²) in [5.74, 6) is -0.285. The molecule has 0 aliphatic rings. The second kappa shape index (κ2) is 41.8. The van der Waals surface area contributed by atoms with Gasteiger partial charge in [-0.3, -0.25) is 9.59 Å². The Labute approximate surface area is 361 Å². The van der Waals surface area contributed by atoms with Crippen LogP contribution < -0.4 is 10.6 Å². The SMILES string of the molecule is CCCCCCCCCCN(CCCCCCCCCC)CCNC(=O)c1ccccc1C(=O)NCCN(CCCCCCCCCC)CCCCCCCCCC. The lowest BCUT2D eigenvalue weighted by Gasteiger charge is -2.23. The Balaban J connectivity index is 2.63. The van der Waals surface area contributed by atoms with Crippen LogP contribution >= 0.6 is 0 Å². The third-order valence-electron chi connectivity index (χ3n) is 12.2. The molecule has 0 spiro atoms. The number of amides is 2. The van der Waals surface area contributed by atoms with Gasteiger partial charge in [0.05, 0.1) is 11.1 Å². The van der Waals surface area contributed by atoms with Crippen LogP contribution in [0.1, 0.15) is 254 Å². The normalized spacial score (nSPS) is 11.6. The fourth-order valence-corrected chi connectivity index (χ4v) is 8.27. The second-order valence-electron chi connectivity index (χ2n) is 17.6. The van der Waals surface area contributed by atoms with Crippen LogP contribution in [-0.2, 0) is 0 Å². The minimum atomic E-state index is -0.143. The molecule has 0 saturated heterocycles. The Hall–Kier alpha value is -1.92. The van der Waals surface area contributed by atoms with Gasteiger partial charge in [-0.1, -0.05) is 220 Å². The van der Waals surface area contributed by atoms with Gasteiger partial charge in [-0.2, -0.15) is 0 Å². The zero-order valence-electron chi connectivity index (χ0n) is 39.3. The molecule has 0 heterocycles. The maximum Gasteiger partial charge on any atom is 0.252 e. The minimum absolute atomic E-state index is 0.143. The molecule has 0 radical (unpaired) electrons. The average molecular weight is 811 g/mol. The van der Waals surface area contributed by atoms with E-state index in [0.717, 1.165) is 39.3 Å². The molecule has 58 heavy (non-hydrogen) atoms. The van der Waals surface area contributed by atoms with Crippen LogP contribution in [0.5, 0.6) is 0 Å². The largest absolute Gasteiger partial charge is 0.351 e. The van der Waals surface area contributed by atoms with Crippen LogP contribution in [0.25, 0.3) is 0 Å². The van der Waals surface area contributed by atoms with Crippen LogP contribution in [0.15, 0.2) is 24.3 Å². The van der Waals surface area contributed by atoms with E-state index in [4.69, 9.17) is 0 Å². The van der Waals surface area contributed by atoms with E-state index in [2.05, 4.69) is 48.1 Å². The lowest BCUT2D eigenvalue weighted by Crippen LogP contribution is -2.38. The number of rotatable bonds is 44. The van der Waals surface area contributed by atoms with Crippen molar-refractivity contribution in [1.82, 2.24) is 20.4 Å². The van der Waals surface area contributed by atoms with Gasteiger partial charge in [0.2, 0.25) is 0 Å². The maximum absolute atomic E-state index is 13.5. The van der Waals surface area contributed by atoms with Crippen LogP contribution in [0.3, 0.4) is 0 Å². The van der Waals surface area contributed by atoms with Gasteiger partial charge in [0.25, 0.3) is 11.8 Å². The van der Waals surface area contributed by atoms with Crippen molar-refractivity contribution in [3.8, 4) is 0 Å². The predicted molar refractivity (Wildman–Crippen MR) is 254 cm³/mol. The highest BCUT2D eigenvalue weighted by Crippen LogP contribution is 2.14. The van der Waals surface area contributed by atoms with E-state index in [1.165, 1.54) is 205 Å². The lowest BCUT2D eigenvalue weighted by molar-refractivity contribution is 0.0913. The first-order valence-corrected chi connectivity index (χ1v) is 25.7. The number of carbonyl (C=O) groups excluding carboxylic acids is 2. The molecule has 1 rings (SSSR count). The summed E-state index contributed by atoms with van der Waals surface area (Å²) in [6.07, 6.45) is 42.6. The first-order chi connectivity index (χ1) is 28.6. The first-order valence-electron chi connectivity index (χ1n) is 25.7. The molecule has 6 nitrogen and oxygen atoms in total. The standard InChI is InChI=1S/C52H98N4O2/c1-5-9-13-17-21-25-29-35-43-55(44-36-30-26-22-18-14-10-6-2)47-41-53-51(57)49-39-33-34-40-50(49)52(58)54-42-48-56(45-37-31-27-23-19-15-11-7-3)46-38-32-28-24-20-16-12-8-4/h33-34,39-40H,5-32,35-38,41-48H2,1-4H3,(H,53,57)(H,54,58). The van der Waals surface area contributed by atoms with E-state index in [-0.39, 0.29) is 11.8 Å². The number of carbonyl (C=O) groups is 2. The van der Waals surface area contributed by atoms with Crippen molar-refractivity contribution in [3.63, 3.8) is 0 Å². The van der Waals surface area contributed by atoms with Crippen molar-refractivity contribution in [2.24, 2.45) is 0 Å². The first kappa shape index (κ1) is 54.1. The number of nitrogens with one attached hydrogen (secondary N) is 2. The van der Waals surface area contributed by atoms with E-state index in [9.17, 15) is 9.59 Å². The summed E-state index contributed by atoms with van der Waals surface area (Å²) >= 11 is 0. The third-order valence-corrected chi connectivity index (χ3v) is 12.2. The fourth-order valence-electron chi connectivity index (χ4n) is 8.27. The maximum atomic E-state index is 13.5. The molecular formula is C52H98N4O2. The predicted octanol–water partition coefficient (Wildman–Crippen LogP) is 14.3. The molecule has 1 aromatic rings. The number of hydrogen-bond acceptors (Lipinski definition) is 4. The summed E-state index contributed by atoms with van der Waals surface area (Å²) in [6, 6.07) is 7.36. The van der Waals surface area contributed by atoms with Crippen LogP contribution in [0, 0.1) is 0 Å². The Morgan fingerprint density at radius 3 is 0.810 bits per heavy atom. The topological polar surface area (TPSA) is 64.7 Å². The van der Waals surface area contributed by atoms with Crippen molar-refractivity contribution in [2.75, 3.05) is 52.4 Å². The molecule has 6 heteroatoms. The minimum Gasteiger partial charge on any atom is -0.351 e. The summed E-state index contributed by atoms with van der Waals surface area (Å²) in [5.41, 5.74) is 0.958. The Morgan fingerprint density at radius 2 is 0.569 bits per heavy atom. The summed E-state index contributed by atoms with van der Waals surface area (Å²) in [4.78, 5) is 32.2. The highest BCUT2D eigenvalue weighted by Gasteiger charge is 2.17. The molecule has 0 unspecified atom stereocenters. The van der Waals surface area contributed by atoms with Crippen molar-refractivity contribution in [1.29, 1.82) is 0 Å². The molecule has 2 N–H and O–H groups in total. The fraction of sp³-hybridized carbons (Fsp3) is 0.846. The Bertz CT molecular complexity index is 927. The Kier molecular flexibility index (Phi) is 39.0. The molecule has 0 saturated carbocycles. The molecular weight excluding hydrogens is 713 g/mol. The molecule has 2 amide bonds. The summed E-state index contributed by atoms with van der Waals surface area (Å²) in [6.45, 7) is 16.5. The molecule has 0 bridgehead atoms. The second-order valence-corrected chi connectivity index (χ2v) is 17.6. The van der Waals surface area contributed by atoms with E-state index >= 15 is 0 Å². The van der Waals surface area contributed by atoms with Gasteiger partial charge < -0.3 is 20.4 Å². The zero-order chi connectivity index (χ0) is 42.0. The number of hydrogen-bond donors (Lipinski definition) is 2. The van der Waals surface area contributed by atoms with Crippen molar-refractivity contribution < 1.29 is 9.59 Å². The Morgan fingerprint density at radius 1 is 0.345 bits per heavy atom. The van der Waals surface area contributed by atoms with Crippen molar-refractivity contribution in [3.05, 3.63) is 35.4 Å². The molecule has 0 aromatic heterocycles. The molecule has 0 fully saturated rings. The van der Waals surface area contributed by atoms with Crippen molar-refractivity contribution >= 4 is 11.8 Å². The summed E-state index contributed by atoms with van der Waals surface area (Å²) in [7, 11) is 0. The quantitative estimate of drug-likeness (QED) is 0.0644. The van der Waals surface area contributed by atoms with Gasteiger partial charge in [-0.25, -0.2) is 0 Å². The van der Waals surface area contributed by atoms with Gasteiger partial charge in [-0.15, -0.1) is 0 Å². The lowest BCUT2D eigenvalue weighted by atomic mass is 10.1. The van der Waals surface area contributed by atoms with E-state index in [1.807, 2.05) is 12.1 Å². The van der Waals surface area contributed by atoms with E-state index in [1.54, 1.807) is 12.1 Å². The monoisotopic (exact) mass is 811 g/mol. The molecule has 1 aromatic carbocycles. The summed E-state index contributed by atoms with van der Waals surface area (Å²) < 4.78 is 0. The van der Waals surface area contributed by atoms with Gasteiger partial charge >= 0.3 is 0 Å². The number of unbranched alkanes of at least 4 members (excludes halogenated alkanes) is 28. The van der Waals surface area contributed by atoms with Gasteiger partial charge in [0.15, 0.2) is 0 Å². The number of nitrogens with zero attached hydrogens (tertiary/aromatic N) is 2. The van der Waals surface area contributed by atoms with Gasteiger partial charge in [-0.05, 0) is 64.0 Å². The van der Waals surface area contributed by atoms with E-state index in [0.29, 0.717) is 24.2 Å². The number of benzene rings is 1. The van der Waals surface area contributed by atoms with Gasteiger partial charge in [0, 0.05) is 26.2 Å². The zero-order valence-corrected chi connectivity index (χ0v) is 39.3. The molecule has 338 valence electrons. The van der Waals surface area contributed by atoms with E-state index < -0.39 is 0 Å². The van der Waals surface area contributed by atoms with Crippen LogP contribution in [0.4, 0.5) is 0 Å². The molecule has 0 aliphatic heterocycles.